The number of nitrogens with zero attached hydrogens (tertiary/aromatic N) is 6. The molecule has 3 heterocycles. The lowest BCUT2D eigenvalue weighted by molar-refractivity contribution is -0.137. The van der Waals surface area contributed by atoms with Crippen LogP contribution in [-0.4, -0.2) is 44.0 Å². The zero-order valence-corrected chi connectivity index (χ0v) is 14.8. The molecular weight excluding hydrogens is 375 g/mol. The molecule has 1 saturated heterocycles. The van der Waals surface area contributed by atoms with Gasteiger partial charge in [0.2, 0.25) is 5.91 Å². The van der Waals surface area contributed by atoms with Crippen molar-refractivity contribution < 1.29 is 18.0 Å². The van der Waals surface area contributed by atoms with Crippen LogP contribution in [0.2, 0.25) is 0 Å². The van der Waals surface area contributed by atoms with Gasteiger partial charge in [-0.1, -0.05) is 11.3 Å². The van der Waals surface area contributed by atoms with Crippen molar-refractivity contribution in [2.24, 2.45) is 5.92 Å². The first kappa shape index (κ1) is 18.1. The first-order valence-corrected chi connectivity index (χ1v) is 8.64. The minimum absolute atomic E-state index is 0.119. The molecule has 28 heavy (non-hydrogen) atoms. The van der Waals surface area contributed by atoms with Crippen LogP contribution in [0.25, 0.3) is 11.2 Å². The molecule has 0 unspecified atom stereocenters. The van der Waals surface area contributed by atoms with Crippen molar-refractivity contribution in [1.29, 1.82) is 0 Å². The Morgan fingerprint density at radius 1 is 1.29 bits per heavy atom. The summed E-state index contributed by atoms with van der Waals surface area (Å²) in [4.78, 5) is 22.6. The Kier molecular flexibility index (Phi) is 4.36. The second kappa shape index (κ2) is 6.73. The van der Waals surface area contributed by atoms with Crippen molar-refractivity contribution in [3.05, 3.63) is 36.2 Å². The number of aryl methyl sites for hydroxylation is 1. The number of rotatable bonds is 4. The van der Waals surface area contributed by atoms with Gasteiger partial charge in [-0.2, -0.15) is 13.2 Å². The summed E-state index contributed by atoms with van der Waals surface area (Å²) in [5.41, 5.74) is 0.488. The van der Waals surface area contributed by atoms with Crippen molar-refractivity contribution in [2.75, 3.05) is 23.3 Å². The number of hydrogen-bond acceptors (Lipinski definition) is 6. The normalized spacial score (nSPS) is 14.9. The molecule has 146 valence electrons. The zero-order chi connectivity index (χ0) is 19.9. The number of hydrogen-bond donors (Lipinski definition) is 1. The summed E-state index contributed by atoms with van der Waals surface area (Å²) < 4.78 is 40.0. The summed E-state index contributed by atoms with van der Waals surface area (Å²) in [7, 11) is 0. The van der Waals surface area contributed by atoms with Gasteiger partial charge in [-0.15, -0.1) is 5.10 Å². The van der Waals surface area contributed by atoms with Gasteiger partial charge in [0.15, 0.2) is 17.0 Å². The number of carbonyl (C=O) groups excluding carboxylic acids is 1. The van der Waals surface area contributed by atoms with E-state index in [0.717, 1.165) is 12.1 Å². The summed E-state index contributed by atoms with van der Waals surface area (Å²) >= 11 is 0. The molecule has 8 nitrogen and oxygen atoms in total. The predicted molar refractivity (Wildman–Crippen MR) is 94.6 cm³/mol. The number of fused-ring (bicyclic) bond motifs is 1. The van der Waals surface area contributed by atoms with Crippen LogP contribution in [0.4, 0.5) is 24.7 Å². The van der Waals surface area contributed by atoms with E-state index in [9.17, 15) is 18.0 Å². The molecule has 1 aliphatic heterocycles. The zero-order valence-electron chi connectivity index (χ0n) is 14.8. The van der Waals surface area contributed by atoms with Crippen molar-refractivity contribution in [2.45, 2.75) is 19.6 Å². The molecule has 1 aromatic carbocycles. The third-order valence-electron chi connectivity index (χ3n) is 4.59. The smallest absolute Gasteiger partial charge is 0.353 e. The molecule has 1 amide bonds. The van der Waals surface area contributed by atoms with Gasteiger partial charge in [0, 0.05) is 25.3 Å². The maximum Gasteiger partial charge on any atom is 0.416 e. The number of benzene rings is 1. The summed E-state index contributed by atoms with van der Waals surface area (Å²) in [5, 5.41) is 10.7. The van der Waals surface area contributed by atoms with Gasteiger partial charge in [0.25, 0.3) is 0 Å². The number of nitrogens with one attached hydrogen (secondary N) is 1. The molecule has 4 rings (SSSR count). The van der Waals surface area contributed by atoms with Crippen LogP contribution in [0.1, 0.15) is 12.5 Å². The Morgan fingerprint density at radius 2 is 2.07 bits per heavy atom. The van der Waals surface area contributed by atoms with E-state index in [1.807, 2.05) is 11.8 Å². The van der Waals surface area contributed by atoms with Crippen LogP contribution in [0.5, 0.6) is 0 Å². The van der Waals surface area contributed by atoms with Crippen molar-refractivity contribution in [1.82, 2.24) is 25.0 Å². The van der Waals surface area contributed by atoms with Crippen LogP contribution < -0.4 is 10.2 Å². The monoisotopic (exact) mass is 391 g/mol. The quantitative estimate of drug-likeness (QED) is 0.734. The van der Waals surface area contributed by atoms with Crippen LogP contribution in [0, 0.1) is 5.92 Å². The Bertz CT molecular complexity index is 1030. The molecule has 1 fully saturated rings. The van der Waals surface area contributed by atoms with E-state index >= 15 is 0 Å². The van der Waals surface area contributed by atoms with Gasteiger partial charge >= 0.3 is 6.18 Å². The first-order valence-electron chi connectivity index (χ1n) is 8.64. The van der Waals surface area contributed by atoms with E-state index in [-0.39, 0.29) is 17.5 Å². The van der Waals surface area contributed by atoms with E-state index < -0.39 is 11.7 Å². The molecule has 1 N–H and O–H groups in total. The highest BCUT2D eigenvalue weighted by atomic mass is 19.4. The lowest BCUT2D eigenvalue weighted by Gasteiger charge is -2.38. The minimum Gasteiger partial charge on any atom is -0.353 e. The van der Waals surface area contributed by atoms with Gasteiger partial charge in [-0.25, -0.2) is 14.6 Å². The van der Waals surface area contributed by atoms with Crippen LogP contribution >= 0.6 is 0 Å². The first-order chi connectivity index (χ1) is 13.4. The molecule has 0 saturated carbocycles. The number of alkyl halides is 3. The fraction of sp³-hybridized carbons (Fsp3) is 0.353. The number of aromatic nitrogens is 5. The minimum atomic E-state index is -4.46. The highest BCUT2D eigenvalue weighted by Crippen LogP contribution is 2.31. The topological polar surface area (TPSA) is 88.8 Å². The molecule has 1 aliphatic rings. The fourth-order valence-corrected chi connectivity index (χ4v) is 3.06. The SMILES string of the molecule is CCn1nnc2c(N3CC(C(=O)Nc4cccc(C(F)(F)F)c4)C3)ncnc21. The molecule has 3 aromatic rings. The van der Waals surface area contributed by atoms with E-state index in [1.165, 1.54) is 18.5 Å². The highest BCUT2D eigenvalue weighted by molar-refractivity contribution is 5.95. The summed E-state index contributed by atoms with van der Waals surface area (Å²) in [6.45, 7) is 3.31. The third kappa shape index (κ3) is 3.23. The predicted octanol–water partition coefficient (Wildman–Crippen LogP) is 2.33. The maximum atomic E-state index is 12.8. The summed E-state index contributed by atoms with van der Waals surface area (Å²) in [6.07, 6.45) is -3.04. The number of anilines is 2. The Morgan fingerprint density at radius 3 is 2.79 bits per heavy atom. The second-order valence-corrected chi connectivity index (χ2v) is 6.44. The van der Waals surface area contributed by atoms with E-state index in [2.05, 4.69) is 25.6 Å². The summed E-state index contributed by atoms with van der Waals surface area (Å²) in [6, 6.07) is 4.58. The number of carbonyl (C=O) groups is 1. The molecule has 2 aromatic heterocycles. The lowest BCUT2D eigenvalue weighted by atomic mass is 9.99. The van der Waals surface area contributed by atoms with Gasteiger partial charge in [0.1, 0.15) is 6.33 Å². The van der Waals surface area contributed by atoms with Crippen molar-refractivity contribution in [3.8, 4) is 0 Å². The van der Waals surface area contributed by atoms with Crippen molar-refractivity contribution >= 4 is 28.6 Å². The third-order valence-corrected chi connectivity index (χ3v) is 4.59. The fourth-order valence-electron chi connectivity index (χ4n) is 3.06. The van der Waals surface area contributed by atoms with Crippen molar-refractivity contribution in [3.63, 3.8) is 0 Å². The Labute approximate surface area is 157 Å². The van der Waals surface area contributed by atoms with Gasteiger partial charge < -0.3 is 10.2 Å². The van der Waals surface area contributed by atoms with Gasteiger partial charge in [0.05, 0.1) is 11.5 Å². The van der Waals surface area contributed by atoms with Gasteiger partial charge in [-0.3, -0.25) is 4.79 Å². The molecule has 0 radical (unpaired) electrons. The molecule has 11 heteroatoms. The lowest BCUT2D eigenvalue weighted by Crippen LogP contribution is -2.52. The molecule has 0 atom stereocenters. The molecule has 0 spiro atoms. The maximum absolute atomic E-state index is 12.8. The Hall–Kier alpha value is -3.24. The highest BCUT2D eigenvalue weighted by Gasteiger charge is 2.36. The number of amides is 1. The van der Waals surface area contributed by atoms with E-state index in [1.54, 1.807) is 4.68 Å². The largest absolute Gasteiger partial charge is 0.416 e. The standard InChI is InChI=1S/C17H16F3N7O/c1-2-27-15-13(24-25-27)14(21-9-22-15)26-7-10(8-26)16(28)23-12-5-3-4-11(6-12)17(18,19)20/h3-6,9-10H,2,7-8H2,1H3,(H,23,28). The van der Waals surface area contributed by atoms with Gasteiger partial charge in [-0.05, 0) is 25.1 Å². The van der Waals surface area contributed by atoms with Crippen LogP contribution in [0.15, 0.2) is 30.6 Å². The molecule has 0 aliphatic carbocycles. The Balaban J connectivity index is 1.43. The average molecular weight is 391 g/mol. The van der Waals surface area contributed by atoms with E-state index in [4.69, 9.17) is 0 Å². The van der Waals surface area contributed by atoms with E-state index in [0.29, 0.717) is 36.6 Å². The summed E-state index contributed by atoms with van der Waals surface area (Å²) in [5.74, 6) is -0.105. The molecule has 0 bridgehead atoms. The van der Waals surface area contributed by atoms with Crippen LogP contribution in [0.3, 0.4) is 0 Å². The average Bonchev–Trinajstić information content (AvgIpc) is 3.04. The second-order valence-electron chi connectivity index (χ2n) is 6.44. The molecular formula is C17H16F3N7O. The number of halogens is 3. The van der Waals surface area contributed by atoms with Crippen LogP contribution in [-0.2, 0) is 17.5 Å².